The Bertz CT molecular complexity index is 1060. The summed E-state index contributed by atoms with van der Waals surface area (Å²) in [4.78, 5) is 31.1. The summed E-state index contributed by atoms with van der Waals surface area (Å²) < 4.78 is 41.4. The summed E-state index contributed by atoms with van der Waals surface area (Å²) >= 11 is 0. The van der Waals surface area contributed by atoms with E-state index in [1.54, 1.807) is 36.4 Å². The minimum Gasteiger partial charge on any atom is -0.484 e. The Kier molecular flexibility index (Phi) is 6.16. The van der Waals surface area contributed by atoms with Gasteiger partial charge in [0.1, 0.15) is 11.6 Å². The molecule has 1 aromatic heterocycles. The van der Waals surface area contributed by atoms with Gasteiger partial charge in [0.15, 0.2) is 6.61 Å². The number of nitrogens with zero attached hydrogens (tertiary/aromatic N) is 1. The van der Waals surface area contributed by atoms with Crippen molar-refractivity contribution in [3.63, 3.8) is 0 Å². The number of H-pyrrole nitrogens is 1. The number of rotatable bonds is 7. The lowest BCUT2D eigenvalue weighted by Crippen LogP contribution is -2.24. The molecule has 0 fully saturated rings. The van der Waals surface area contributed by atoms with Gasteiger partial charge in [0.25, 0.3) is 5.56 Å². The molecule has 2 N–H and O–H groups in total. The second kappa shape index (κ2) is 8.76. The van der Waals surface area contributed by atoms with Crippen molar-refractivity contribution < 1.29 is 22.7 Å². The quantitative estimate of drug-likeness (QED) is 0.633. The predicted octanol–water partition coefficient (Wildman–Crippen LogP) is 3.11. The van der Waals surface area contributed by atoms with Crippen molar-refractivity contribution in [2.45, 2.75) is 25.6 Å². The summed E-state index contributed by atoms with van der Waals surface area (Å²) in [5.41, 5.74) is 0.902. The van der Waals surface area contributed by atoms with E-state index in [-0.39, 0.29) is 36.6 Å². The van der Waals surface area contributed by atoms with E-state index in [1.165, 1.54) is 12.1 Å². The molecule has 152 valence electrons. The van der Waals surface area contributed by atoms with Gasteiger partial charge in [-0.15, -0.1) is 0 Å². The van der Waals surface area contributed by atoms with Crippen LogP contribution in [0.15, 0.2) is 53.3 Å². The van der Waals surface area contributed by atoms with Gasteiger partial charge in [-0.2, -0.15) is 13.2 Å². The number of aryl methyl sites for hydroxylation is 1. The Morgan fingerprint density at radius 3 is 2.72 bits per heavy atom. The van der Waals surface area contributed by atoms with E-state index in [4.69, 9.17) is 0 Å². The zero-order valence-electron chi connectivity index (χ0n) is 15.3. The zero-order chi connectivity index (χ0) is 20.9. The van der Waals surface area contributed by atoms with Gasteiger partial charge in [0.2, 0.25) is 5.91 Å². The normalized spacial score (nSPS) is 11.4. The van der Waals surface area contributed by atoms with Crippen LogP contribution in [0.5, 0.6) is 5.75 Å². The lowest BCUT2D eigenvalue weighted by Gasteiger charge is -2.11. The number of benzene rings is 2. The lowest BCUT2D eigenvalue weighted by molar-refractivity contribution is -0.153. The molecule has 0 atom stereocenters. The molecule has 29 heavy (non-hydrogen) atoms. The number of fused-ring (bicyclic) bond motifs is 1. The number of aromatic nitrogens is 2. The average molecular weight is 405 g/mol. The molecule has 1 heterocycles. The molecule has 0 aliphatic rings. The highest BCUT2D eigenvalue weighted by atomic mass is 19.4. The van der Waals surface area contributed by atoms with Crippen LogP contribution in [0, 0.1) is 0 Å². The molecule has 6 nitrogen and oxygen atoms in total. The molecule has 0 unspecified atom stereocenters. The van der Waals surface area contributed by atoms with E-state index < -0.39 is 12.8 Å². The zero-order valence-corrected chi connectivity index (χ0v) is 15.3. The Morgan fingerprint density at radius 1 is 1.14 bits per heavy atom. The third-order valence-corrected chi connectivity index (χ3v) is 4.04. The molecule has 0 aliphatic heterocycles. The SMILES string of the molecule is O=C(CCc1nc2ccccc2c(=O)[nH]1)NCc1cccc(OCC(F)(F)F)c1. The van der Waals surface area contributed by atoms with Crippen LogP contribution in [0.4, 0.5) is 13.2 Å². The van der Waals surface area contributed by atoms with Gasteiger partial charge in [0.05, 0.1) is 10.9 Å². The number of nitrogens with one attached hydrogen (secondary N) is 2. The van der Waals surface area contributed by atoms with E-state index in [9.17, 15) is 22.8 Å². The van der Waals surface area contributed by atoms with Crippen LogP contribution in [0.3, 0.4) is 0 Å². The van der Waals surface area contributed by atoms with Crippen molar-refractivity contribution in [3.05, 3.63) is 70.3 Å². The highest BCUT2D eigenvalue weighted by Gasteiger charge is 2.28. The van der Waals surface area contributed by atoms with Gasteiger partial charge < -0.3 is 15.0 Å². The number of para-hydroxylation sites is 1. The summed E-state index contributed by atoms with van der Waals surface area (Å²) in [5.74, 6) is 0.209. The molecular formula is C20H18F3N3O3. The van der Waals surface area contributed by atoms with Crippen LogP contribution < -0.4 is 15.6 Å². The fourth-order valence-corrected chi connectivity index (χ4v) is 2.68. The Labute approximate surface area is 163 Å². The summed E-state index contributed by atoms with van der Waals surface area (Å²) in [6.45, 7) is -1.23. The largest absolute Gasteiger partial charge is 0.484 e. The highest BCUT2D eigenvalue weighted by Crippen LogP contribution is 2.19. The summed E-state index contributed by atoms with van der Waals surface area (Å²) in [6, 6.07) is 13.0. The van der Waals surface area contributed by atoms with Crippen LogP contribution in [0.2, 0.25) is 0 Å². The Hall–Kier alpha value is -3.36. The first kappa shape index (κ1) is 20.4. The summed E-state index contributed by atoms with van der Waals surface area (Å²) in [6.07, 6.45) is -4.06. The van der Waals surface area contributed by atoms with Gasteiger partial charge >= 0.3 is 6.18 Å². The first-order chi connectivity index (χ1) is 13.8. The van der Waals surface area contributed by atoms with E-state index >= 15 is 0 Å². The van der Waals surface area contributed by atoms with Gasteiger partial charge in [-0.1, -0.05) is 24.3 Å². The summed E-state index contributed by atoms with van der Waals surface area (Å²) in [7, 11) is 0. The molecule has 2 aromatic carbocycles. The molecule has 0 bridgehead atoms. The second-order valence-corrected chi connectivity index (χ2v) is 6.36. The van der Waals surface area contributed by atoms with E-state index in [2.05, 4.69) is 20.0 Å². The van der Waals surface area contributed by atoms with Crippen LogP contribution in [0.1, 0.15) is 17.8 Å². The first-order valence-corrected chi connectivity index (χ1v) is 8.83. The number of carbonyl (C=O) groups excluding carboxylic acids is 1. The third kappa shape index (κ3) is 6.06. The van der Waals surface area contributed by atoms with Gasteiger partial charge in [0, 0.05) is 19.4 Å². The van der Waals surface area contributed by atoms with Gasteiger partial charge in [-0.25, -0.2) is 4.98 Å². The number of hydrogen-bond donors (Lipinski definition) is 2. The molecule has 0 saturated carbocycles. The molecule has 3 rings (SSSR count). The van der Waals surface area contributed by atoms with Crippen LogP contribution in [-0.4, -0.2) is 28.7 Å². The van der Waals surface area contributed by atoms with Crippen molar-refractivity contribution in [3.8, 4) is 5.75 Å². The lowest BCUT2D eigenvalue weighted by atomic mass is 10.2. The monoisotopic (exact) mass is 405 g/mol. The fourth-order valence-electron chi connectivity index (χ4n) is 2.68. The van der Waals surface area contributed by atoms with E-state index in [1.807, 2.05) is 0 Å². The molecule has 0 spiro atoms. The number of aromatic amines is 1. The molecular weight excluding hydrogens is 387 g/mol. The number of amides is 1. The van der Waals surface area contributed by atoms with E-state index in [0.29, 0.717) is 22.3 Å². The number of hydrogen-bond acceptors (Lipinski definition) is 4. The fraction of sp³-hybridized carbons (Fsp3) is 0.250. The van der Waals surface area contributed by atoms with Crippen LogP contribution >= 0.6 is 0 Å². The topological polar surface area (TPSA) is 84.1 Å². The van der Waals surface area contributed by atoms with Gasteiger partial charge in [-0.05, 0) is 29.8 Å². The smallest absolute Gasteiger partial charge is 0.422 e. The average Bonchev–Trinajstić information content (AvgIpc) is 2.69. The minimum atomic E-state index is -4.41. The third-order valence-electron chi connectivity index (χ3n) is 4.04. The maximum atomic E-state index is 12.2. The minimum absolute atomic E-state index is 0.0759. The van der Waals surface area contributed by atoms with Crippen molar-refractivity contribution in [2.75, 3.05) is 6.61 Å². The number of alkyl halides is 3. The Balaban J connectivity index is 1.52. The first-order valence-electron chi connectivity index (χ1n) is 8.83. The molecule has 1 amide bonds. The number of halogens is 3. The highest BCUT2D eigenvalue weighted by molar-refractivity contribution is 5.78. The number of carbonyl (C=O) groups is 1. The molecule has 0 saturated heterocycles. The molecule has 3 aromatic rings. The van der Waals surface area contributed by atoms with Gasteiger partial charge in [-0.3, -0.25) is 9.59 Å². The predicted molar refractivity (Wildman–Crippen MR) is 101 cm³/mol. The number of ether oxygens (including phenoxy) is 1. The maximum Gasteiger partial charge on any atom is 0.422 e. The van der Waals surface area contributed by atoms with Crippen LogP contribution in [0.25, 0.3) is 10.9 Å². The van der Waals surface area contributed by atoms with Crippen LogP contribution in [-0.2, 0) is 17.8 Å². The maximum absolute atomic E-state index is 12.2. The summed E-state index contributed by atoms with van der Waals surface area (Å²) in [5, 5.41) is 3.16. The standard InChI is InChI=1S/C20H18F3N3O3/c21-20(22,23)12-29-14-5-3-4-13(10-14)11-24-18(27)9-8-17-25-16-7-2-1-6-15(16)19(28)26-17/h1-7,10H,8-9,11-12H2,(H,24,27)(H,25,26,28). The molecule has 0 aliphatic carbocycles. The van der Waals surface area contributed by atoms with Crippen molar-refractivity contribution in [1.82, 2.24) is 15.3 Å². The van der Waals surface area contributed by atoms with Crippen molar-refractivity contribution in [2.24, 2.45) is 0 Å². The van der Waals surface area contributed by atoms with Crippen molar-refractivity contribution >= 4 is 16.8 Å². The molecule has 0 radical (unpaired) electrons. The van der Waals surface area contributed by atoms with E-state index in [0.717, 1.165) is 0 Å². The Morgan fingerprint density at radius 2 is 1.93 bits per heavy atom. The van der Waals surface area contributed by atoms with Crippen molar-refractivity contribution in [1.29, 1.82) is 0 Å². The second-order valence-electron chi connectivity index (χ2n) is 6.36. The molecule has 9 heteroatoms.